The van der Waals surface area contributed by atoms with Gasteiger partial charge in [-0.05, 0) is 20.3 Å². The summed E-state index contributed by atoms with van der Waals surface area (Å²) in [6.45, 7) is 3.60. The van der Waals surface area contributed by atoms with E-state index in [2.05, 4.69) is 21.1 Å². The van der Waals surface area contributed by atoms with Crippen LogP contribution in [0.4, 0.5) is 0 Å². The van der Waals surface area contributed by atoms with Gasteiger partial charge in [-0.15, -0.1) is 0 Å². The van der Waals surface area contributed by atoms with Crippen molar-refractivity contribution in [2.75, 3.05) is 19.8 Å². The molecule has 0 saturated heterocycles. The van der Waals surface area contributed by atoms with Gasteiger partial charge in [0, 0.05) is 0 Å². The van der Waals surface area contributed by atoms with E-state index in [4.69, 9.17) is 9.84 Å². The van der Waals surface area contributed by atoms with Gasteiger partial charge in [0.25, 0.3) is 0 Å². The normalized spacial score (nSPS) is 12.5. The standard InChI is InChI=1S/C22H38O9/c1-4-5-6-7-8-9-10-11-12-13-14-28-19(24)15-29-20(25)16-30-22(27)18(3)31-21(26)17(2)23/h17-18,23H,4-16H2,1-3H3. The van der Waals surface area contributed by atoms with Crippen LogP contribution in [0.25, 0.3) is 0 Å². The number of carbonyl (C=O) groups is 4. The summed E-state index contributed by atoms with van der Waals surface area (Å²) < 4.78 is 18.9. The molecule has 31 heavy (non-hydrogen) atoms. The summed E-state index contributed by atoms with van der Waals surface area (Å²) in [7, 11) is 0. The fourth-order valence-electron chi connectivity index (χ4n) is 2.57. The van der Waals surface area contributed by atoms with Gasteiger partial charge in [-0.2, -0.15) is 0 Å². The first kappa shape index (κ1) is 28.8. The second kappa shape index (κ2) is 18.6. The highest BCUT2D eigenvalue weighted by Crippen LogP contribution is 2.10. The van der Waals surface area contributed by atoms with Crippen LogP contribution in [-0.2, 0) is 38.1 Å². The number of carbonyl (C=O) groups excluding carboxylic acids is 4. The quantitative estimate of drug-likeness (QED) is 0.192. The van der Waals surface area contributed by atoms with Crippen LogP contribution in [0.1, 0.15) is 85.0 Å². The van der Waals surface area contributed by atoms with Gasteiger partial charge in [-0.3, -0.25) is 0 Å². The van der Waals surface area contributed by atoms with E-state index in [1.54, 1.807) is 0 Å². The topological polar surface area (TPSA) is 125 Å². The highest BCUT2D eigenvalue weighted by molar-refractivity contribution is 5.83. The van der Waals surface area contributed by atoms with Crippen LogP contribution in [0.3, 0.4) is 0 Å². The maximum absolute atomic E-state index is 11.6. The van der Waals surface area contributed by atoms with Gasteiger partial charge in [-0.25, -0.2) is 19.2 Å². The molecule has 0 heterocycles. The Morgan fingerprint density at radius 2 is 1.16 bits per heavy atom. The van der Waals surface area contributed by atoms with E-state index in [-0.39, 0.29) is 6.61 Å². The van der Waals surface area contributed by atoms with E-state index in [9.17, 15) is 19.2 Å². The van der Waals surface area contributed by atoms with Crippen LogP contribution in [0.5, 0.6) is 0 Å². The Morgan fingerprint density at radius 1 is 0.677 bits per heavy atom. The largest absolute Gasteiger partial charge is 0.463 e. The molecule has 2 atom stereocenters. The Labute approximate surface area is 184 Å². The monoisotopic (exact) mass is 446 g/mol. The Morgan fingerprint density at radius 3 is 1.71 bits per heavy atom. The summed E-state index contributed by atoms with van der Waals surface area (Å²) in [6.07, 6.45) is 9.08. The van der Waals surface area contributed by atoms with Crippen molar-refractivity contribution in [3.63, 3.8) is 0 Å². The van der Waals surface area contributed by atoms with Crippen LogP contribution in [-0.4, -0.2) is 61.0 Å². The van der Waals surface area contributed by atoms with Crippen molar-refractivity contribution in [1.82, 2.24) is 0 Å². The number of unbranched alkanes of at least 4 members (excludes halogenated alkanes) is 9. The lowest BCUT2D eigenvalue weighted by Crippen LogP contribution is -2.32. The second-order valence-corrected chi connectivity index (χ2v) is 7.43. The summed E-state index contributed by atoms with van der Waals surface area (Å²) in [5, 5.41) is 9.01. The van der Waals surface area contributed by atoms with Crippen molar-refractivity contribution in [3.05, 3.63) is 0 Å². The molecule has 0 spiro atoms. The molecule has 0 aromatic heterocycles. The number of hydrogen-bond acceptors (Lipinski definition) is 9. The van der Waals surface area contributed by atoms with Crippen molar-refractivity contribution in [2.24, 2.45) is 0 Å². The molecule has 0 aliphatic rings. The molecule has 2 unspecified atom stereocenters. The maximum Gasteiger partial charge on any atom is 0.347 e. The number of hydrogen-bond donors (Lipinski definition) is 1. The number of esters is 4. The number of ether oxygens (including phenoxy) is 4. The Hall–Kier alpha value is -2.16. The lowest BCUT2D eigenvalue weighted by atomic mass is 10.1. The molecule has 0 aromatic carbocycles. The summed E-state index contributed by atoms with van der Waals surface area (Å²) in [4.78, 5) is 45.8. The smallest absolute Gasteiger partial charge is 0.347 e. The zero-order chi connectivity index (χ0) is 23.5. The lowest BCUT2D eigenvalue weighted by molar-refractivity contribution is -0.175. The fraction of sp³-hybridized carbons (Fsp3) is 0.818. The molecule has 0 aromatic rings. The average molecular weight is 447 g/mol. The molecule has 0 amide bonds. The van der Waals surface area contributed by atoms with Crippen LogP contribution >= 0.6 is 0 Å². The van der Waals surface area contributed by atoms with Crippen molar-refractivity contribution in [2.45, 2.75) is 97.2 Å². The molecule has 0 aliphatic carbocycles. The van der Waals surface area contributed by atoms with Crippen LogP contribution in [0, 0.1) is 0 Å². The highest BCUT2D eigenvalue weighted by atomic mass is 16.6. The van der Waals surface area contributed by atoms with Crippen molar-refractivity contribution < 1.29 is 43.2 Å². The number of aliphatic hydroxyl groups excluding tert-OH is 1. The number of aliphatic hydroxyl groups is 1. The summed E-state index contributed by atoms with van der Waals surface area (Å²) >= 11 is 0. The molecule has 1 N–H and O–H groups in total. The Balaban J connectivity index is 3.65. The molecule has 0 saturated carbocycles. The molecule has 0 aliphatic heterocycles. The first-order valence-electron chi connectivity index (χ1n) is 11.1. The minimum absolute atomic E-state index is 0.272. The van der Waals surface area contributed by atoms with E-state index >= 15 is 0 Å². The predicted octanol–water partition coefficient (Wildman–Crippen LogP) is 2.85. The molecule has 9 nitrogen and oxygen atoms in total. The SMILES string of the molecule is CCCCCCCCCCCCOC(=O)COC(=O)COC(=O)C(C)OC(=O)C(C)O. The summed E-state index contributed by atoms with van der Waals surface area (Å²) in [5.74, 6) is -3.57. The van der Waals surface area contributed by atoms with E-state index in [1.165, 1.54) is 58.8 Å². The Bertz CT molecular complexity index is 531. The summed E-state index contributed by atoms with van der Waals surface area (Å²) in [5.41, 5.74) is 0. The minimum Gasteiger partial charge on any atom is -0.463 e. The van der Waals surface area contributed by atoms with Crippen molar-refractivity contribution in [3.8, 4) is 0 Å². The van der Waals surface area contributed by atoms with Gasteiger partial charge in [0.05, 0.1) is 6.61 Å². The molecular formula is C22H38O9. The molecule has 0 fully saturated rings. The molecule has 0 bridgehead atoms. The zero-order valence-corrected chi connectivity index (χ0v) is 19.1. The minimum atomic E-state index is -1.38. The third-order valence-corrected chi connectivity index (χ3v) is 4.41. The maximum atomic E-state index is 11.6. The van der Waals surface area contributed by atoms with Crippen molar-refractivity contribution in [1.29, 1.82) is 0 Å². The fourth-order valence-corrected chi connectivity index (χ4v) is 2.57. The van der Waals surface area contributed by atoms with Crippen LogP contribution in [0.2, 0.25) is 0 Å². The summed E-state index contributed by atoms with van der Waals surface area (Å²) in [6, 6.07) is 0. The van der Waals surface area contributed by atoms with Gasteiger partial charge in [0.2, 0.25) is 0 Å². The first-order chi connectivity index (χ1) is 14.8. The van der Waals surface area contributed by atoms with E-state index < -0.39 is 49.3 Å². The average Bonchev–Trinajstić information content (AvgIpc) is 2.74. The Kier molecular flexibility index (Phi) is 17.3. The molecule has 180 valence electrons. The molecule has 0 radical (unpaired) electrons. The van der Waals surface area contributed by atoms with E-state index in [0.717, 1.165) is 19.3 Å². The van der Waals surface area contributed by atoms with E-state index in [1.807, 2.05) is 0 Å². The first-order valence-corrected chi connectivity index (χ1v) is 11.1. The second-order valence-electron chi connectivity index (χ2n) is 7.43. The third-order valence-electron chi connectivity index (χ3n) is 4.41. The highest BCUT2D eigenvalue weighted by Gasteiger charge is 2.23. The number of rotatable bonds is 18. The third kappa shape index (κ3) is 17.2. The van der Waals surface area contributed by atoms with E-state index in [0.29, 0.717) is 0 Å². The zero-order valence-electron chi connectivity index (χ0n) is 19.1. The molecule has 0 rings (SSSR count). The van der Waals surface area contributed by atoms with Gasteiger partial charge in [0.15, 0.2) is 19.3 Å². The molecule has 9 heteroatoms. The lowest BCUT2D eigenvalue weighted by Gasteiger charge is -2.13. The van der Waals surface area contributed by atoms with Crippen LogP contribution in [0.15, 0.2) is 0 Å². The van der Waals surface area contributed by atoms with Gasteiger partial charge in [0.1, 0.15) is 6.10 Å². The van der Waals surface area contributed by atoms with Gasteiger partial charge < -0.3 is 24.1 Å². The van der Waals surface area contributed by atoms with Crippen LogP contribution < -0.4 is 0 Å². The predicted molar refractivity (Wildman–Crippen MR) is 112 cm³/mol. The molecular weight excluding hydrogens is 408 g/mol. The van der Waals surface area contributed by atoms with Gasteiger partial charge >= 0.3 is 23.9 Å². The van der Waals surface area contributed by atoms with Crippen molar-refractivity contribution >= 4 is 23.9 Å². The van der Waals surface area contributed by atoms with Gasteiger partial charge in [-0.1, -0.05) is 64.7 Å².